The zero-order valence-electron chi connectivity index (χ0n) is 11.8. The molecule has 1 amide bonds. The van der Waals surface area contributed by atoms with Crippen molar-refractivity contribution in [1.29, 1.82) is 0 Å². The Kier molecular flexibility index (Phi) is 5.59. The van der Waals surface area contributed by atoms with Gasteiger partial charge in [0.1, 0.15) is 4.88 Å². The van der Waals surface area contributed by atoms with Crippen LogP contribution in [0.15, 0.2) is 12.1 Å². The molecule has 1 aliphatic carbocycles. The van der Waals surface area contributed by atoms with Crippen LogP contribution >= 0.6 is 11.3 Å². The first kappa shape index (κ1) is 15.0. The third-order valence-corrected chi connectivity index (χ3v) is 4.57. The number of thiophene rings is 1. The second-order valence-corrected chi connectivity index (χ2v) is 6.58. The molecule has 1 aromatic heterocycles. The number of esters is 1. The molecule has 5 heteroatoms. The first-order valence-corrected chi connectivity index (χ1v) is 7.97. The predicted molar refractivity (Wildman–Crippen MR) is 78.9 cm³/mol. The normalized spacial score (nSPS) is 15.8. The molecule has 0 unspecified atom stereocenters. The molecule has 110 valence electrons. The van der Waals surface area contributed by atoms with Gasteiger partial charge in [-0.1, -0.05) is 19.3 Å². The molecule has 1 fully saturated rings. The van der Waals surface area contributed by atoms with Gasteiger partial charge in [-0.25, -0.2) is 4.79 Å². The fourth-order valence-corrected chi connectivity index (χ4v) is 3.21. The molecule has 0 bridgehead atoms. The van der Waals surface area contributed by atoms with Crippen LogP contribution in [0.5, 0.6) is 0 Å². The molecule has 1 aromatic rings. The third kappa shape index (κ3) is 4.63. The largest absolute Gasteiger partial charge is 0.451 e. The Morgan fingerprint density at radius 2 is 2.05 bits per heavy atom. The summed E-state index contributed by atoms with van der Waals surface area (Å²) in [5.41, 5.74) is 0. The van der Waals surface area contributed by atoms with E-state index in [0.717, 1.165) is 4.88 Å². The maximum atomic E-state index is 11.7. The monoisotopic (exact) mass is 295 g/mol. The first-order valence-electron chi connectivity index (χ1n) is 7.15. The van der Waals surface area contributed by atoms with E-state index >= 15 is 0 Å². The van der Waals surface area contributed by atoms with Gasteiger partial charge in [-0.3, -0.25) is 4.79 Å². The van der Waals surface area contributed by atoms with Crippen molar-refractivity contribution >= 4 is 23.2 Å². The summed E-state index contributed by atoms with van der Waals surface area (Å²) in [7, 11) is 0. The van der Waals surface area contributed by atoms with E-state index in [-0.39, 0.29) is 12.5 Å². The summed E-state index contributed by atoms with van der Waals surface area (Å²) in [6, 6.07) is 3.59. The standard InChI is InChI=1S/C15H21NO3S/c1-11-7-8-13(20-11)15(18)19-10-14(17)16-9-12-5-3-2-4-6-12/h7-8,12H,2-6,9-10H2,1H3,(H,16,17). The van der Waals surface area contributed by atoms with Gasteiger partial charge in [-0.2, -0.15) is 0 Å². The lowest BCUT2D eigenvalue weighted by Gasteiger charge is -2.21. The van der Waals surface area contributed by atoms with E-state index in [1.165, 1.54) is 43.4 Å². The van der Waals surface area contributed by atoms with E-state index in [1.54, 1.807) is 6.07 Å². The van der Waals surface area contributed by atoms with Crippen molar-refractivity contribution in [2.45, 2.75) is 39.0 Å². The Bertz CT molecular complexity index is 463. The van der Waals surface area contributed by atoms with Crippen molar-refractivity contribution in [2.75, 3.05) is 13.2 Å². The van der Waals surface area contributed by atoms with E-state index < -0.39 is 5.97 Å². The smallest absolute Gasteiger partial charge is 0.348 e. The molecular formula is C15H21NO3S. The van der Waals surface area contributed by atoms with Crippen LogP contribution in [-0.2, 0) is 9.53 Å². The number of ether oxygens (including phenoxy) is 1. The Labute approximate surface area is 123 Å². The Morgan fingerprint density at radius 1 is 1.30 bits per heavy atom. The molecule has 4 nitrogen and oxygen atoms in total. The average Bonchev–Trinajstić information content (AvgIpc) is 2.90. The van der Waals surface area contributed by atoms with Crippen molar-refractivity contribution in [3.8, 4) is 0 Å². The molecule has 2 rings (SSSR count). The molecule has 0 aliphatic heterocycles. The lowest BCUT2D eigenvalue weighted by Crippen LogP contribution is -2.33. The van der Waals surface area contributed by atoms with Gasteiger partial charge in [-0.05, 0) is 37.8 Å². The van der Waals surface area contributed by atoms with Crippen LogP contribution in [0.1, 0.15) is 46.7 Å². The fraction of sp³-hybridized carbons (Fsp3) is 0.600. The fourth-order valence-electron chi connectivity index (χ4n) is 2.45. The van der Waals surface area contributed by atoms with E-state index in [4.69, 9.17) is 4.74 Å². The lowest BCUT2D eigenvalue weighted by molar-refractivity contribution is -0.124. The molecule has 0 saturated heterocycles. The number of hydrogen-bond acceptors (Lipinski definition) is 4. The highest BCUT2D eigenvalue weighted by Gasteiger charge is 2.15. The maximum Gasteiger partial charge on any atom is 0.348 e. The lowest BCUT2D eigenvalue weighted by atomic mass is 9.89. The number of carbonyl (C=O) groups is 2. The van der Waals surface area contributed by atoms with Gasteiger partial charge in [0.2, 0.25) is 0 Å². The molecule has 0 radical (unpaired) electrons. The molecule has 0 spiro atoms. The summed E-state index contributed by atoms with van der Waals surface area (Å²) >= 11 is 1.38. The summed E-state index contributed by atoms with van der Waals surface area (Å²) in [6.07, 6.45) is 6.20. The Hall–Kier alpha value is -1.36. The number of hydrogen-bond donors (Lipinski definition) is 1. The minimum Gasteiger partial charge on any atom is -0.451 e. The number of amides is 1. The van der Waals surface area contributed by atoms with Crippen LogP contribution in [0.25, 0.3) is 0 Å². The third-order valence-electron chi connectivity index (χ3n) is 3.59. The molecule has 1 aliphatic rings. The van der Waals surface area contributed by atoms with Crippen LogP contribution < -0.4 is 5.32 Å². The highest BCUT2D eigenvalue weighted by Crippen LogP contribution is 2.22. The molecule has 0 aromatic carbocycles. The second kappa shape index (κ2) is 7.43. The van der Waals surface area contributed by atoms with E-state index in [9.17, 15) is 9.59 Å². The van der Waals surface area contributed by atoms with Crippen molar-refractivity contribution in [3.05, 3.63) is 21.9 Å². The van der Waals surface area contributed by atoms with Gasteiger partial charge in [0.05, 0.1) is 0 Å². The van der Waals surface area contributed by atoms with Gasteiger partial charge < -0.3 is 10.1 Å². The van der Waals surface area contributed by atoms with Gasteiger partial charge in [-0.15, -0.1) is 11.3 Å². The SMILES string of the molecule is Cc1ccc(C(=O)OCC(=O)NCC2CCCCC2)s1. The average molecular weight is 295 g/mol. The number of aryl methyl sites for hydroxylation is 1. The number of nitrogens with one attached hydrogen (secondary N) is 1. The van der Waals surface area contributed by atoms with E-state index in [2.05, 4.69) is 5.32 Å². The van der Waals surface area contributed by atoms with Gasteiger partial charge in [0.15, 0.2) is 6.61 Å². The quantitative estimate of drug-likeness (QED) is 0.850. The van der Waals surface area contributed by atoms with Crippen LogP contribution in [0.4, 0.5) is 0 Å². The van der Waals surface area contributed by atoms with Crippen molar-refractivity contribution < 1.29 is 14.3 Å². The Balaban J connectivity index is 1.65. The van der Waals surface area contributed by atoms with Crippen molar-refractivity contribution in [2.24, 2.45) is 5.92 Å². The second-order valence-electron chi connectivity index (χ2n) is 5.29. The molecule has 20 heavy (non-hydrogen) atoms. The Morgan fingerprint density at radius 3 is 2.70 bits per heavy atom. The van der Waals surface area contributed by atoms with E-state index in [1.807, 2.05) is 13.0 Å². The molecule has 1 saturated carbocycles. The summed E-state index contributed by atoms with van der Waals surface area (Å²) in [6.45, 7) is 2.44. The summed E-state index contributed by atoms with van der Waals surface area (Å²) in [5, 5.41) is 2.85. The topological polar surface area (TPSA) is 55.4 Å². The summed E-state index contributed by atoms with van der Waals surface area (Å²) in [5.74, 6) is -0.0449. The first-order chi connectivity index (χ1) is 9.65. The summed E-state index contributed by atoms with van der Waals surface area (Å²) < 4.78 is 5.00. The van der Waals surface area contributed by atoms with Crippen LogP contribution in [-0.4, -0.2) is 25.0 Å². The minimum absolute atomic E-state index is 0.192. The van der Waals surface area contributed by atoms with Gasteiger partial charge >= 0.3 is 5.97 Å². The molecule has 0 atom stereocenters. The highest BCUT2D eigenvalue weighted by molar-refractivity contribution is 7.13. The van der Waals surface area contributed by atoms with Gasteiger partial charge in [0, 0.05) is 11.4 Å². The predicted octanol–water partition coefficient (Wildman–Crippen LogP) is 2.91. The zero-order chi connectivity index (χ0) is 14.4. The van der Waals surface area contributed by atoms with Crippen LogP contribution in [0.2, 0.25) is 0 Å². The summed E-state index contributed by atoms with van der Waals surface area (Å²) in [4.78, 5) is 24.9. The minimum atomic E-state index is -0.420. The number of carbonyl (C=O) groups excluding carboxylic acids is 2. The zero-order valence-corrected chi connectivity index (χ0v) is 12.6. The molecule has 1 N–H and O–H groups in total. The van der Waals surface area contributed by atoms with Crippen LogP contribution in [0.3, 0.4) is 0 Å². The molecular weight excluding hydrogens is 274 g/mol. The van der Waals surface area contributed by atoms with Crippen molar-refractivity contribution in [1.82, 2.24) is 5.32 Å². The van der Waals surface area contributed by atoms with Gasteiger partial charge in [0.25, 0.3) is 5.91 Å². The van der Waals surface area contributed by atoms with Crippen LogP contribution in [0, 0.1) is 12.8 Å². The van der Waals surface area contributed by atoms with E-state index in [0.29, 0.717) is 17.3 Å². The molecule has 1 heterocycles. The maximum absolute atomic E-state index is 11.7. The van der Waals surface area contributed by atoms with Crippen molar-refractivity contribution in [3.63, 3.8) is 0 Å². The highest BCUT2D eigenvalue weighted by atomic mass is 32.1. The number of rotatable bonds is 5.